The number of nitrogens with one attached hydrogen (secondary N) is 2. The first kappa shape index (κ1) is 26.1. The van der Waals surface area contributed by atoms with Gasteiger partial charge in [-0.25, -0.2) is 0 Å². The standard InChI is InChI=1S/C25H50N2/c1-14-22(6,7)18-25(12,13)27-20(4)16-26-21(5)24(10,11)17-23(8,9)15-19(2)3/h19,26-27H,4-5,14-18H2,1-3,6-13H3. The second kappa shape index (κ2) is 9.52. The average Bonchev–Trinajstić information content (AvgIpc) is 2.39. The van der Waals surface area contributed by atoms with Gasteiger partial charge in [-0.05, 0) is 49.9 Å². The second-order valence-corrected chi connectivity index (χ2v) is 12.0. The van der Waals surface area contributed by atoms with Crippen molar-refractivity contribution in [2.75, 3.05) is 6.54 Å². The van der Waals surface area contributed by atoms with Crippen LogP contribution >= 0.6 is 0 Å². The van der Waals surface area contributed by atoms with Crippen molar-refractivity contribution in [3.63, 3.8) is 0 Å². The van der Waals surface area contributed by atoms with Crippen molar-refractivity contribution in [3.8, 4) is 0 Å². The van der Waals surface area contributed by atoms with Gasteiger partial charge in [-0.2, -0.15) is 0 Å². The molecule has 0 bridgehead atoms. The van der Waals surface area contributed by atoms with E-state index in [4.69, 9.17) is 0 Å². The van der Waals surface area contributed by atoms with Gasteiger partial charge in [0.05, 0.1) is 6.54 Å². The maximum atomic E-state index is 4.35. The summed E-state index contributed by atoms with van der Waals surface area (Å²) in [5.74, 6) is 0.718. The van der Waals surface area contributed by atoms with Crippen molar-refractivity contribution in [2.24, 2.45) is 22.2 Å². The van der Waals surface area contributed by atoms with E-state index in [0.29, 0.717) is 10.8 Å². The van der Waals surface area contributed by atoms with Crippen LogP contribution in [0.2, 0.25) is 0 Å². The molecular weight excluding hydrogens is 328 g/mol. The molecule has 0 aliphatic rings. The summed E-state index contributed by atoms with van der Waals surface area (Å²) in [7, 11) is 0. The van der Waals surface area contributed by atoms with Gasteiger partial charge < -0.3 is 10.6 Å². The Morgan fingerprint density at radius 1 is 0.852 bits per heavy atom. The third-order valence-corrected chi connectivity index (χ3v) is 5.61. The lowest BCUT2D eigenvalue weighted by Crippen LogP contribution is -2.44. The minimum Gasteiger partial charge on any atom is -0.383 e. The average molecular weight is 379 g/mol. The van der Waals surface area contributed by atoms with Gasteiger partial charge in [0.15, 0.2) is 0 Å². The first-order valence-electron chi connectivity index (χ1n) is 10.8. The SMILES string of the molecule is C=C(CNC(=C)C(C)(C)CC(C)(C)CC(C)C)NC(C)(C)CC(C)(C)CC. The summed E-state index contributed by atoms with van der Waals surface area (Å²) in [6, 6.07) is 0. The van der Waals surface area contributed by atoms with Crippen LogP contribution in [0, 0.1) is 22.2 Å². The van der Waals surface area contributed by atoms with Crippen LogP contribution in [0.4, 0.5) is 0 Å². The highest BCUT2D eigenvalue weighted by atomic mass is 15.0. The minimum atomic E-state index is 0.0361. The largest absolute Gasteiger partial charge is 0.383 e. The summed E-state index contributed by atoms with van der Waals surface area (Å²) < 4.78 is 0. The predicted molar refractivity (Wildman–Crippen MR) is 124 cm³/mol. The van der Waals surface area contributed by atoms with Gasteiger partial charge in [-0.1, -0.05) is 81.9 Å². The van der Waals surface area contributed by atoms with E-state index in [1.165, 1.54) is 12.8 Å². The normalized spacial score (nSPS) is 13.6. The van der Waals surface area contributed by atoms with E-state index in [0.717, 1.165) is 36.7 Å². The van der Waals surface area contributed by atoms with Crippen LogP contribution in [0.1, 0.15) is 102 Å². The molecule has 0 aromatic heterocycles. The Morgan fingerprint density at radius 3 is 1.81 bits per heavy atom. The van der Waals surface area contributed by atoms with Crippen LogP contribution in [0.5, 0.6) is 0 Å². The highest BCUT2D eigenvalue weighted by Crippen LogP contribution is 2.41. The van der Waals surface area contributed by atoms with Crippen molar-refractivity contribution in [3.05, 3.63) is 24.6 Å². The number of allylic oxidation sites excluding steroid dienone is 1. The molecule has 2 nitrogen and oxygen atoms in total. The Morgan fingerprint density at radius 2 is 1.37 bits per heavy atom. The van der Waals surface area contributed by atoms with E-state index in [9.17, 15) is 0 Å². The molecule has 0 aliphatic heterocycles. The van der Waals surface area contributed by atoms with Crippen LogP contribution < -0.4 is 10.6 Å². The zero-order chi connectivity index (χ0) is 21.7. The van der Waals surface area contributed by atoms with Crippen LogP contribution in [0.3, 0.4) is 0 Å². The topological polar surface area (TPSA) is 24.1 Å². The van der Waals surface area contributed by atoms with E-state index in [1.807, 2.05) is 0 Å². The number of rotatable bonds is 13. The van der Waals surface area contributed by atoms with Gasteiger partial charge in [0.2, 0.25) is 0 Å². The van der Waals surface area contributed by atoms with Gasteiger partial charge in [-0.3, -0.25) is 0 Å². The molecule has 0 aliphatic carbocycles. The summed E-state index contributed by atoms with van der Waals surface area (Å²) >= 11 is 0. The van der Waals surface area contributed by atoms with Crippen molar-refractivity contribution < 1.29 is 0 Å². The smallest absolute Gasteiger partial charge is 0.0539 e. The molecule has 0 atom stereocenters. The van der Waals surface area contributed by atoms with Gasteiger partial charge in [0.1, 0.15) is 0 Å². The Hall–Kier alpha value is -0.920. The Kier molecular flexibility index (Phi) is 9.20. The molecule has 0 saturated heterocycles. The summed E-state index contributed by atoms with van der Waals surface area (Å²) in [5.41, 5.74) is 2.87. The van der Waals surface area contributed by atoms with Crippen molar-refractivity contribution in [2.45, 2.75) is 107 Å². The molecule has 0 spiro atoms. The third kappa shape index (κ3) is 10.9. The molecule has 0 saturated carbocycles. The molecule has 2 N–H and O–H groups in total. The molecule has 0 aromatic rings. The molecule has 0 radical (unpaired) electrons. The maximum absolute atomic E-state index is 4.35. The molecular formula is C25H50N2. The highest BCUT2D eigenvalue weighted by molar-refractivity contribution is 5.10. The molecule has 0 unspecified atom stereocenters. The third-order valence-electron chi connectivity index (χ3n) is 5.61. The molecule has 0 fully saturated rings. The first-order chi connectivity index (χ1) is 11.9. The van der Waals surface area contributed by atoms with Crippen LogP contribution in [-0.2, 0) is 0 Å². The number of hydrogen-bond donors (Lipinski definition) is 2. The molecule has 0 rings (SSSR count). The lowest BCUT2D eigenvalue weighted by atomic mass is 9.70. The maximum Gasteiger partial charge on any atom is 0.0539 e. The molecule has 0 aromatic carbocycles. The van der Waals surface area contributed by atoms with Gasteiger partial charge >= 0.3 is 0 Å². The van der Waals surface area contributed by atoms with Crippen LogP contribution in [0.15, 0.2) is 24.6 Å². The molecule has 160 valence electrons. The predicted octanol–water partition coefficient (Wildman–Crippen LogP) is 7.29. The van der Waals surface area contributed by atoms with Crippen molar-refractivity contribution >= 4 is 0 Å². The second-order valence-electron chi connectivity index (χ2n) is 12.0. The molecule has 27 heavy (non-hydrogen) atoms. The zero-order valence-corrected chi connectivity index (χ0v) is 20.5. The fraction of sp³-hybridized carbons (Fsp3) is 0.840. The van der Waals surface area contributed by atoms with Gasteiger partial charge in [-0.15, -0.1) is 0 Å². The van der Waals surface area contributed by atoms with E-state index >= 15 is 0 Å². The van der Waals surface area contributed by atoms with E-state index < -0.39 is 0 Å². The summed E-state index contributed by atoms with van der Waals surface area (Å²) in [6.45, 7) is 34.7. The Bertz CT molecular complexity index is 492. The molecule has 2 heteroatoms. The lowest BCUT2D eigenvalue weighted by Gasteiger charge is -2.39. The monoisotopic (exact) mass is 378 g/mol. The summed E-state index contributed by atoms with van der Waals surface area (Å²) in [5, 5.41) is 7.17. The quantitative estimate of drug-likeness (QED) is 0.351. The summed E-state index contributed by atoms with van der Waals surface area (Å²) in [4.78, 5) is 0. The van der Waals surface area contributed by atoms with E-state index in [1.54, 1.807) is 0 Å². The Balaban J connectivity index is 4.69. The fourth-order valence-corrected chi connectivity index (χ4v) is 4.82. The van der Waals surface area contributed by atoms with Crippen LogP contribution in [-0.4, -0.2) is 12.1 Å². The molecule has 0 amide bonds. The summed E-state index contributed by atoms with van der Waals surface area (Å²) in [6.07, 6.45) is 4.66. The van der Waals surface area contributed by atoms with Crippen molar-refractivity contribution in [1.29, 1.82) is 0 Å². The van der Waals surface area contributed by atoms with E-state index in [2.05, 4.69) is 100.0 Å². The van der Waals surface area contributed by atoms with Crippen molar-refractivity contribution in [1.82, 2.24) is 10.6 Å². The van der Waals surface area contributed by atoms with Gasteiger partial charge in [0.25, 0.3) is 0 Å². The first-order valence-corrected chi connectivity index (χ1v) is 10.8. The number of hydrogen-bond acceptors (Lipinski definition) is 2. The lowest BCUT2D eigenvalue weighted by molar-refractivity contribution is 0.185. The fourth-order valence-electron chi connectivity index (χ4n) is 4.82. The Labute approximate surface area is 171 Å². The van der Waals surface area contributed by atoms with Crippen LogP contribution in [0.25, 0.3) is 0 Å². The van der Waals surface area contributed by atoms with E-state index in [-0.39, 0.29) is 11.0 Å². The molecule has 0 heterocycles. The van der Waals surface area contributed by atoms with Gasteiger partial charge in [0, 0.05) is 22.3 Å². The zero-order valence-electron chi connectivity index (χ0n) is 20.5. The highest BCUT2D eigenvalue weighted by Gasteiger charge is 2.32. The minimum absolute atomic E-state index is 0.0361.